The number of hydrogen-bond donors (Lipinski definition) is 2. The molecule has 1 aliphatic heterocycles. The molecule has 0 aromatic heterocycles. The number of hydrogen-bond acceptors (Lipinski definition) is 3. The molecule has 1 heterocycles. The number of carboxylic acid groups (broad SMARTS) is 2. The lowest BCUT2D eigenvalue weighted by atomic mass is 10.1. The molecule has 0 amide bonds. The van der Waals surface area contributed by atoms with Crippen molar-refractivity contribution in [2.75, 3.05) is 26.2 Å². The van der Waals surface area contributed by atoms with Crippen molar-refractivity contribution < 1.29 is 19.8 Å². The molecule has 1 fully saturated rings. The van der Waals surface area contributed by atoms with Gasteiger partial charge >= 0.3 is 11.9 Å². The molecular weight excluding hydrogens is 188 g/mol. The Bertz CT molecular complexity index is 225. The average Bonchev–Trinajstić information content (AvgIpc) is 2.15. The third-order valence-electron chi connectivity index (χ3n) is 2.18. The molecule has 6 nitrogen and oxygen atoms in total. The molecule has 1 atom stereocenters. The van der Waals surface area contributed by atoms with Crippen molar-refractivity contribution in [3.8, 4) is 0 Å². The highest BCUT2D eigenvalue weighted by atomic mass is 16.4. The maximum absolute atomic E-state index is 10.8. The maximum atomic E-state index is 10.8. The fourth-order valence-electron chi connectivity index (χ4n) is 1.47. The Balaban J connectivity index is 2.56. The monoisotopic (exact) mass is 201 g/mol. The van der Waals surface area contributed by atoms with E-state index >= 15 is 0 Å². The van der Waals surface area contributed by atoms with Crippen LogP contribution in [0.2, 0.25) is 0 Å². The van der Waals surface area contributed by atoms with Gasteiger partial charge in [-0.25, -0.2) is 5.32 Å². The third kappa shape index (κ3) is 2.97. The van der Waals surface area contributed by atoms with Gasteiger partial charge in [-0.15, -0.1) is 0 Å². The van der Waals surface area contributed by atoms with Crippen molar-refractivity contribution in [1.82, 2.24) is 10.2 Å². The van der Waals surface area contributed by atoms with Gasteiger partial charge in [0.25, 0.3) is 0 Å². The van der Waals surface area contributed by atoms with E-state index < -0.39 is 18.0 Å². The number of aliphatic carboxylic acids is 2. The van der Waals surface area contributed by atoms with Gasteiger partial charge in [0.05, 0.1) is 6.42 Å². The quantitative estimate of drug-likeness (QED) is 0.598. The lowest BCUT2D eigenvalue weighted by molar-refractivity contribution is -0.150. The molecule has 0 aromatic rings. The summed E-state index contributed by atoms with van der Waals surface area (Å²) in [7, 11) is 0. The first-order valence-corrected chi connectivity index (χ1v) is 4.43. The van der Waals surface area contributed by atoms with Crippen LogP contribution in [0.25, 0.3) is 0 Å². The summed E-state index contributed by atoms with van der Waals surface area (Å²) in [6.07, 6.45) is -0.352. The van der Waals surface area contributed by atoms with Crippen LogP contribution in [0.3, 0.4) is 0 Å². The van der Waals surface area contributed by atoms with Gasteiger partial charge < -0.3 is 10.2 Å². The number of piperazine rings is 1. The summed E-state index contributed by atoms with van der Waals surface area (Å²) in [5.41, 5.74) is 0. The van der Waals surface area contributed by atoms with Crippen LogP contribution < -0.4 is 5.32 Å². The van der Waals surface area contributed by atoms with E-state index in [9.17, 15) is 9.59 Å². The fourth-order valence-corrected chi connectivity index (χ4v) is 1.47. The highest BCUT2D eigenvalue weighted by Crippen LogP contribution is 2.06. The molecular formula is C8H13N2O4. The number of carbonyl (C=O) groups is 2. The summed E-state index contributed by atoms with van der Waals surface area (Å²) in [5, 5.41) is 21.5. The summed E-state index contributed by atoms with van der Waals surface area (Å²) in [6.45, 7) is 2.24. The second-order valence-electron chi connectivity index (χ2n) is 3.16. The Morgan fingerprint density at radius 3 is 2.29 bits per heavy atom. The molecule has 0 aliphatic carbocycles. The molecule has 79 valence electrons. The molecule has 0 bridgehead atoms. The van der Waals surface area contributed by atoms with Crippen LogP contribution in [0.1, 0.15) is 6.42 Å². The standard InChI is InChI=1S/C8H13N2O4/c11-7(12)5-6(8(13)14)10-3-1-9-2-4-10/h6H,1-5H2,(H,11,12)(H,13,14). The highest BCUT2D eigenvalue weighted by molar-refractivity contribution is 5.80. The Morgan fingerprint density at radius 2 is 1.86 bits per heavy atom. The molecule has 0 aromatic carbocycles. The highest BCUT2D eigenvalue weighted by Gasteiger charge is 2.28. The molecule has 6 heteroatoms. The smallest absolute Gasteiger partial charge is 0.321 e. The first-order chi connectivity index (χ1) is 6.61. The molecule has 14 heavy (non-hydrogen) atoms. The predicted octanol–water partition coefficient (Wildman–Crippen LogP) is -1.17. The van der Waals surface area contributed by atoms with Crippen LogP contribution in [0, 0.1) is 0 Å². The van der Waals surface area contributed by atoms with Crippen molar-refractivity contribution in [2.24, 2.45) is 0 Å². The van der Waals surface area contributed by atoms with Gasteiger partial charge in [-0.05, 0) is 0 Å². The number of nitrogens with zero attached hydrogens (tertiary/aromatic N) is 2. The summed E-state index contributed by atoms with van der Waals surface area (Å²) in [4.78, 5) is 22.9. The van der Waals surface area contributed by atoms with Crippen molar-refractivity contribution in [3.05, 3.63) is 0 Å². The molecule has 0 saturated carbocycles. The second-order valence-corrected chi connectivity index (χ2v) is 3.16. The van der Waals surface area contributed by atoms with Gasteiger partial charge in [0.2, 0.25) is 0 Å². The molecule has 2 N–H and O–H groups in total. The zero-order chi connectivity index (χ0) is 10.6. The second kappa shape index (κ2) is 4.92. The van der Waals surface area contributed by atoms with Crippen LogP contribution in [0.15, 0.2) is 0 Å². The van der Waals surface area contributed by atoms with Gasteiger partial charge in [0.1, 0.15) is 6.04 Å². The zero-order valence-electron chi connectivity index (χ0n) is 7.72. The van der Waals surface area contributed by atoms with Crippen molar-refractivity contribution in [1.29, 1.82) is 0 Å². The van der Waals surface area contributed by atoms with E-state index in [1.165, 1.54) is 0 Å². The van der Waals surface area contributed by atoms with Crippen molar-refractivity contribution in [3.63, 3.8) is 0 Å². The molecule has 1 aliphatic rings. The Kier molecular flexibility index (Phi) is 3.84. The van der Waals surface area contributed by atoms with E-state index in [-0.39, 0.29) is 6.42 Å². The Hall–Kier alpha value is -1.14. The zero-order valence-corrected chi connectivity index (χ0v) is 7.72. The van der Waals surface area contributed by atoms with Gasteiger partial charge in [0, 0.05) is 26.2 Å². The van der Waals surface area contributed by atoms with Gasteiger partial charge in [-0.1, -0.05) is 0 Å². The minimum atomic E-state index is -1.08. The molecule has 1 unspecified atom stereocenters. The molecule has 1 rings (SSSR count). The molecule has 1 saturated heterocycles. The molecule has 0 spiro atoms. The molecule has 1 radical (unpaired) electrons. The van der Waals surface area contributed by atoms with E-state index in [1.807, 2.05) is 0 Å². The largest absolute Gasteiger partial charge is 0.481 e. The normalized spacial score (nSPS) is 20.3. The lowest BCUT2D eigenvalue weighted by Crippen LogP contribution is -2.50. The topological polar surface area (TPSA) is 91.9 Å². The minimum Gasteiger partial charge on any atom is -0.481 e. The van der Waals surface area contributed by atoms with E-state index in [0.29, 0.717) is 26.2 Å². The SMILES string of the molecule is O=C(O)CC(C(=O)O)N1CC[N]CC1. The predicted molar refractivity (Wildman–Crippen MR) is 47.1 cm³/mol. The van der Waals surface area contributed by atoms with Gasteiger partial charge in [-0.3, -0.25) is 14.5 Å². The Labute approximate surface area is 81.5 Å². The van der Waals surface area contributed by atoms with Crippen LogP contribution in [-0.2, 0) is 9.59 Å². The van der Waals surface area contributed by atoms with Crippen molar-refractivity contribution in [2.45, 2.75) is 12.5 Å². The number of rotatable bonds is 4. The lowest BCUT2D eigenvalue weighted by Gasteiger charge is -2.30. The minimum absolute atomic E-state index is 0.352. The summed E-state index contributed by atoms with van der Waals surface area (Å²) in [5.74, 6) is -2.16. The summed E-state index contributed by atoms with van der Waals surface area (Å²) in [6, 6.07) is -0.914. The van der Waals surface area contributed by atoms with Crippen LogP contribution in [-0.4, -0.2) is 59.3 Å². The van der Waals surface area contributed by atoms with Crippen LogP contribution in [0.4, 0.5) is 0 Å². The first-order valence-electron chi connectivity index (χ1n) is 4.43. The van der Waals surface area contributed by atoms with E-state index in [1.54, 1.807) is 4.90 Å². The van der Waals surface area contributed by atoms with Gasteiger partial charge in [-0.2, -0.15) is 0 Å². The van der Waals surface area contributed by atoms with E-state index in [4.69, 9.17) is 10.2 Å². The fraction of sp³-hybridized carbons (Fsp3) is 0.750. The summed E-state index contributed by atoms with van der Waals surface area (Å²) < 4.78 is 0. The average molecular weight is 201 g/mol. The third-order valence-corrected chi connectivity index (χ3v) is 2.18. The maximum Gasteiger partial charge on any atom is 0.321 e. The van der Waals surface area contributed by atoms with Gasteiger partial charge in [0.15, 0.2) is 0 Å². The van der Waals surface area contributed by atoms with Crippen LogP contribution >= 0.6 is 0 Å². The number of carboxylic acids is 2. The Morgan fingerprint density at radius 1 is 1.29 bits per heavy atom. The first kappa shape index (κ1) is 10.9. The summed E-state index contributed by atoms with van der Waals surface area (Å²) >= 11 is 0. The van der Waals surface area contributed by atoms with Crippen LogP contribution in [0.5, 0.6) is 0 Å². The van der Waals surface area contributed by atoms with Crippen molar-refractivity contribution >= 4 is 11.9 Å². The van der Waals surface area contributed by atoms with E-state index in [0.717, 1.165) is 0 Å². The van der Waals surface area contributed by atoms with E-state index in [2.05, 4.69) is 5.32 Å².